The smallest absolute Gasteiger partial charge is 0.162 e. The Morgan fingerprint density at radius 3 is 2.67 bits per heavy atom. The predicted molar refractivity (Wildman–Crippen MR) is 75.3 cm³/mol. The van der Waals surface area contributed by atoms with Crippen LogP contribution in [-0.2, 0) is 6.54 Å². The number of ether oxygens (including phenoxy) is 2. The molecule has 0 aliphatic carbocycles. The van der Waals surface area contributed by atoms with Gasteiger partial charge in [0.2, 0.25) is 0 Å². The fourth-order valence-corrected chi connectivity index (χ4v) is 2.02. The minimum absolute atomic E-state index is 0.353. The van der Waals surface area contributed by atoms with E-state index in [9.17, 15) is 5.11 Å². The first kappa shape index (κ1) is 15.3. The van der Waals surface area contributed by atoms with Crippen molar-refractivity contribution in [1.29, 1.82) is 0 Å². The lowest BCUT2D eigenvalue weighted by atomic mass is 10.2. The molecule has 4 nitrogen and oxygen atoms in total. The maximum absolute atomic E-state index is 9.20. The molecule has 0 fully saturated rings. The second-order valence-corrected chi connectivity index (χ2v) is 4.86. The minimum Gasteiger partial charge on any atom is -0.493 e. The van der Waals surface area contributed by atoms with Crippen molar-refractivity contribution >= 4 is 15.9 Å². The van der Waals surface area contributed by atoms with Crippen molar-refractivity contribution in [3.8, 4) is 11.5 Å². The summed E-state index contributed by atoms with van der Waals surface area (Å²) in [5.74, 6) is 1.44. The first-order chi connectivity index (χ1) is 8.58. The van der Waals surface area contributed by atoms with E-state index in [2.05, 4.69) is 21.2 Å². The fraction of sp³-hybridized carbons (Fsp3) is 0.538. The van der Waals surface area contributed by atoms with Crippen LogP contribution in [0, 0.1) is 0 Å². The van der Waals surface area contributed by atoms with Crippen LogP contribution >= 0.6 is 15.9 Å². The molecule has 0 spiro atoms. The van der Waals surface area contributed by atoms with E-state index >= 15 is 0 Å². The van der Waals surface area contributed by atoms with Crippen LogP contribution in [-0.4, -0.2) is 31.5 Å². The highest BCUT2D eigenvalue weighted by Crippen LogP contribution is 2.33. The molecule has 0 aliphatic heterocycles. The van der Waals surface area contributed by atoms with Crippen molar-refractivity contribution in [3.05, 3.63) is 22.2 Å². The number of methoxy groups -OCH3 is 1. The van der Waals surface area contributed by atoms with E-state index in [0.717, 1.165) is 15.8 Å². The monoisotopic (exact) mass is 317 g/mol. The Kier molecular flexibility index (Phi) is 6.46. The van der Waals surface area contributed by atoms with Crippen LogP contribution in [0.5, 0.6) is 11.5 Å². The number of hydrogen-bond donors (Lipinski definition) is 2. The van der Waals surface area contributed by atoms with E-state index in [1.165, 1.54) is 0 Å². The minimum atomic E-state index is -0.353. The van der Waals surface area contributed by atoms with Gasteiger partial charge in [-0.1, -0.05) is 15.9 Å². The summed E-state index contributed by atoms with van der Waals surface area (Å²) in [7, 11) is 1.62. The van der Waals surface area contributed by atoms with Crippen LogP contribution < -0.4 is 14.8 Å². The van der Waals surface area contributed by atoms with E-state index in [-0.39, 0.29) is 6.10 Å². The SMILES string of the molecule is CCOc1cc(Br)c(CNCC(C)O)cc1OC. The molecule has 1 aromatic carbocycles. The van der Waals surface area contributed by atoms with E-state index < -0.39 is 0 Å². The molecule has 0 radical (unpaired) electrons. The molecule has 1 unspecified atom stereocenters. The molecule has 1 atom stereocenters. The maximum Gasteiger partial charge on any atom is 0.162 e. The van der Waals surface area contributed by atoms with Crippen molar-refractivity contribution < 1.29 is 14.6 Å². The molecule has 18 heavy (non-hydrogen) atoms. The van der Waals surface area contributed by atoms with Crippen LogP contribution in [0.4, 0.5) is 0 Å². The van der Waals surface area contributed by atoms with Gasteiger partial charge in [0, 0.05) is 17.6 Å². The highest BCUT2D eigenvalue weighted by Gasteiger charge is 2.10. The molecule has 2 N–H and O–H groups in total. The Labute approximate surface area is 116 Å². The quantitative estimate of drug-likeness (QED) is 0.810. The number of halogens is 1. The molecule has 5 heteroatoms. The van der Waals surface area contributed by atoms with Crippen LogP contribution in [0.1, 0.15) is 19.4 Å². The molecule has 0 amide bonds. The molecule has 0 aliphatic rings. The first-order valence-corrected chi connectivity index (χ1v) is 6.75. The van der Waals surface area contributed by atoms with Gasteiger partial charge < -0.3 is 19.9 Å². The van der Waals surface area contributed by atoms with Gasteiger partial charge in [-0.25, -0.2) is 0 Å². The molecule has 1 aromatic rings. The average Bonchev–Trinajstić information content (AvgIpc) is 2.32. The van der Waals surface area contributed by atoms with Crippen LogP contribution in [0.25, 0.3) is 0 Å². The summed E-state index contributed by atoms with van der Waals surface area (Å²) < 4.78 is 11.8. The molecule has 0 aromatic heterocycles. The number of aliphatic hydroxyl groups is 1. The number of rotatable bonds is 7. The standard InChI is InChI=1S/C13H20BrNO3/c1-4-18-13-6-11(14)10(5-12(13)17-3)8-15-7-9(2)16/h5-6,9,15-16H,4,7-8H2,1-3H3. The Morgan fingerprint density at radius 1 is 1.39 bits per heavy atom. The molecule has 0 saturated carbocycles. The van der Waals surface area contributed by atoms with E-state index in [1.807, 2.05) is 19.1 Å². The normalized spacial score (nSPS) is 12.3. The van der Waals surface area contributed by atoms with E-state index in [4.69, 9.17) is 9.47 Å². The Bertz CT molecular complexity index is 383. The lowest BCUT2D eigenvalue weighted by Crippen LogP contribution is -2.24. The molecular formula is C13H20BrNO3. The first-order valence-electron chi connectivity index (χ1n) is 5.96. The second kappa shape index (κ2) is 7.61. The number of nitrogens with one attached hydrogen (secondary N) is 1. The maximum atomic E-state index is 9.20. The Balaban J connectivity index is 2.79. The van der Waals surface area contributed by atoms with Gasteiger partial charge in [-0.05, 0) is 31.5 Å². The van der Waals surface area contributed by atoms with Gasteiger partial charge >= 0.3 is 0 Å². The predicted octanol–water partition coefficient (Wildman–Crippen LogP) is 2.33. The van der Waals surface area contributed by atoms with Crippen molar-refractivity contribution in [2.45, 2.75) is 26.5 Å². The zero-order valence-corrected chi connectivity index (χ0v) is 12.6. The topological polar surface area (TPSA) is 50.7 Å². The summed E-state index contributed by atoms with van der Waals surface area (Å²) >= 11 is 3.51. The summed E-state index contributed by atoms with van der Waals surface area (Å²) in [6.45, 7) is 5.50. The molecule has 0 bridgehead atoms. The van der Waals surface area contributed by atoms with E-state index in [0.29, 0.717) is 25.4 Å². The fourth-order valence-electron chi connectivity index (χ4n) is 1.56. The van der Waals surface area contributed by atoms with Gasteiger partial charge in [-0.15, -0.1) is 0 Å². The van der Waals surface area contributed by atoms with Gasteiger partial charge in [-0.2, -0.15) is 0 Å². The molecule has 0 heterocycles. The van der Waals surface area contributed by atoms with Crippen molar-refractivity contribution in [2.75, 3.05) is 20.3 Å². The Hall–Kier alpha value is -0.780. The van der Waals surface area contributed by atoms with Gasteiger partial charge in [0.05, 0.1) is 19.8 Å². The van der Waals surface area contributed by atoms with Crippen molar-refractivity contribution in [2.24, 2.45) is 0 Å². The summed E-state index contributed by atoms with van der Waals surface area (Å²) in [5.41, 5.74) is 1.07. The van der Waals surface area contributed by atoms with E-state index in [1.54, 1.807) is 14.0 Å². The number of hydrogen-bond acceptors (Lipinski definition) is 4. The van der Waals surface area contributed by atoms with Gasteiger partial charge in [-0.3, -0.25) is 0 Å². The van der Waals surface area contributed by atoms with Crippen molar-refractivity contribution in [1.82, 2.24) is 5.32 Å². The van der Waals surface area contributed by atoms with Crippen LogP contribution in [0.2, 0.25) is 0 Å². The lowest BCUT2D eigenvalue weighted by molar-refractivity contribution is 0.191. The van der Waals surface area contributed by atoms with Crippen molar-refractivity contribution in [3.63, 3.8) is 0 Å². The van der Waals surface area contributed by atoms with Gasteiger partial charge in [0.1, 0.15) is 0 Å². The average molecular weight is 318 g/mol. The Morgan fingerprint density at radius 2 is 2.11 bits per heavy atom. The zero-order valence-electron chi connectivity index (χ0n) is 11.0. The summed E-state index contributed by atoms with van der Waals surface area (Å²) in [6, 6.07) is 3.84. The molecule has 1 rings (SSSR count). The summed E-state index contributed by atoms with van der Waals surface area (Å²) in [5, 5.41) is 12.4. The molecular weight excluding hydrogens is 298 g/mol. The zero-order chi connectivity index (χ0) is 13.5. The summed E-state index contributed by atoms with van der Waals surface area (Å²) in [4.78, 5) is 0. The largest absolute Gasteiger partial charge is 0.493 e. The molecule has 102 valence electrons. The third-order valence-electron chi connectivity index (χ3n) is 2.39. The number of benzene rings is 1. The van der Waals surface area contributed by atoms with Gasteiger partial charge in [0.15, 0.2) is 11.5 Å². The molecule has 0 saturated heterocycles. The van der Waals surface area contributed by atoms with Crippen LogP contribution in [0.15, 0.2) is 16.6 Å². The summed E-state index contributed by atoms with van der Waals surface area (Å²) in [6.07, 6.45) is -0.353. The second-order valence-electron chi connectivity index (χ2n) is 4.01. The highest BCUT2D eigenvalue weighted by molar-refractivity contribution is 9.10. The third-order valence-corrected chi connectivity index (χ3v) is 3.13. The highest BCUT2D eigenvalue weighted by atomic mass is 79.9. The van der Waals surface area contributed by atoms with Crippen LogP contribution in [0.3, 0.4) is 0 Å². The number of aliphatic hydroxyl groups excluding tert-OH is 1. The third kappa shape index (κ3) is 4.48. The van der Waals surface area contributed by atoms with Gasteiger partial charge in [0.25, 0.3) is 0 Å². The lowest BCUT2D eigenvalue weighted by Gasteiger charge is -2.14.